The summed E-state index contributed by atoms with van der Waals surface area (Å²) in [6.45, 7) is -0.0524. The minimum atomic E-state index is -4.32. The third-order valence-corrected chi connectivity index (χ3v) is 5.38. The van der Waals surface area contributed by atoms with Crippen molar-refractivity contribution in [2.75, 3.05) is 25.5 Å². The van der Waals surface area contributed by atoms with Crippen LogP contribution >= 0.6 is 0 Å². The van der Waals surface area contributed by atoms with Crippen molar-refractivity contribution in [2.45, 2.75) is 19.0 Å². The van der Waals surface area contributed by atoms with Gasteiger partial charge < -0.3 is 9.64 Å². The van der Waals surface area contributed by atoms with E-state index in [1.54, 1.807) is 35.2 Å². The molecule has 32 heavy (non-hydrogen) atoms. The number of ether oxygens (including phenoxy) is 1. The van der Waals surface area contributed by atoms with Crippen molar-refractivity contribution < 1.29 is 27.5 Å². The Morgan fingerprint density at radius 3 is 2.78 bits per heavy atom. The van der Waals surface area contributed by atoms with Crippen molar-refractivity contribution in [2.24, 2.45) is 5.92 Å². The summed E-state index contributed by atoms with van der Waals surface area (Å²) in [4.78, 5) is 33.9. The van der Waals surface area contributed by atoms with Gasteiger partial charge >= 0.3 is 12.3 Å². The summed E-state index contributed by atoms with van der Waals surface area (Å²) in [6.07, 6.45) is 1.53. The van der Waals surface area contributed by atoms with E-state index in [4.69, 9.17) is 0 Å². The number of pyridine rings is 2. The lowest BCUT2D eigenvalue weighted by Crippen LogP contribution is -2.44. The standard InChI is InChI=1S/C21H20F3N5O3/c1-32-20(31)27-16-8-17(11-25-10-16)29-6-4-13-7-14(9-26-18(13)29)19(30)28-5-2-3-15(12-28)21(22,23)24/h4,6-11,15H,2-3,5,12H2,1H3,(H,27,31). The van der Waals surface area contributed by atoms with E-state index in [0.717, 1.165) is 0 Å². The van der Waals surface area contributed by atoms with Crippen LogP contribution in [0.2, 0.25) is 0 Å². The van der Waals surface area contributed by atoms with Crippen molar-refractivity contribution in [3.8, 4) is 5.69 Å². The van der Waals surface area contributed by atoms with Crippen LogP contribution in [0.1, 0.15) is 23.2 Å². The highest BCUT2D eigenvalue weighted by molar-refractivity contribution is 5.97. The first-order valence-electron chi connectivity index (χ1n) is 9.90. The Labute approximate surface area is 181 Å². The molecule has 0 radical (unpaired) electrons. The number of hydrogen-bond acceptors (Lipinski definition) is 5. The second-order valence-electron chi connectivity index (χ2n) is 7.50. The number of methoxy groups -OCH3 is 1. The zero-order valence-corrected chi connectivity index (χ0v) is 17.1. The van der Waals surface area contributed by atoms with E-state index in [9.17, 15) is 22.8 Å². The predicted octanol–water partition coefficient (Wildman–Crippen LogP) is 4.01. The largest absolute Gasteiger partial charge is 0.453 e. The SMILES string of the molecule is COC(=O)Nc1cncc(-n2ccc3cc(C(=O)N4CCCC(C(F)(F)F)C4)cnc32)c1. The predicted molar refractivity (Wildman–Crippen MR) is 110 cm³/mol. The third-order valence-electron chi connectivity index (χ3n) is 5.38. The number of piperidine rings is 1. The molecule has 2 amide bonds. The molecule has 1 aliphatic heterocycles. The monoisotopic (exact) mass is 447 g/mol. The van der Waals surface area contributed by atoms with Crippen molar-refractivity contribution >= 4 is 28.7 Å². The van der Waals surface area contributed by atoms with Gasteiger partial charge in [-0.15, -0.1) is 0 Å². The van der Waals surface area contributed by atoms with Gasteiger partial charge in [0.15, 0.2) is 0 Å². The van der Waals surface area contributed by atoms with Gasteiger partial charge in [0, 0.05) is 30.9 Å². The molecule has 3 aromatic heterocycles. The molecule has 0 saturated carbocycles. The van der Waals surface area contributed by atoms with Crippen molar-refractivity contribution in [3.05, 3.63) is 48.5 Å². The second kappa shape index (κ2) is 8.48. The summed E-state index contributed by atoms with van der Waals surface area (Å²) < 4.78 is 45.5. The number of hydrogen-bond donors (Lipinski definition) is 1. The normalized spacial score (nSPS) is 16.8. The number of fused-ring (bicyclic) bond motifs is 1. The summed E-state index contributed by atoms with van der Waals surface area (Å²) in [7, 11) is 1.25. The first kappa shape index (κ1) is 21.6. The van der Waals surface area contributed by atoms with Gasteiger partial charge in [-0.3, -0.25) is 19.7 Å². The zero-order chi connectivity index (χ0) is 22.9. The van der Waals surface area contributed by atoms with Gasteiger partial charge in [-0.05, 0) is 31.0 Å². The molecule has 168 valence electrons. The van der Waals surface area contributed by atoms with E-state index in [0.29, 0.717) is 28.8 Å². The number of rotatable bonds is 3. The van der Waals surface area contributed by atoms with Gasteiger partial charge in [0.05, 0.1) is 42.4 Å². The molecule has 0 spiro atoms. The maximum Gasteiger partial charge on any atom is 0.411 e. The van der Waals surface area contributed by atoms with Crippen LogP contribution in [0, 0.1) is 5.92 Å². The first-order chi connectivity index (χ1) is 15.3. The summed E-state index contributed by atoms with van der Waals surface area (Å²) >= 11 is 0. The Morgan fingerprint density at radius 1 is 1.22 bits per heavy atom. The van der Waals surface area contributed by atoms with Gasteiger partial charge in [0.2, 0.25) is 0 Å². The van der Waals surface area contributed by atoms with Crippen LogP contribution in [-0.2, 0) is 4.74 Å². The fourth-order valence-electron chi connectivity index (χ4n) is 3.76. The minimum Gasteiger partial charge on any atom is -0.453 e. The van der Waals surface area contributed by atoms with E-state index < -0.39 is 24.1 Å². The molecular formula is C21H20F3N5O3. The van der Waals surface area contributed by atoms with E-state index in [1.807, 2.05) is 0 Å². The number of carbonyl (C=O) groups is 2. The summed E-state index contributed by atoms with van der Waals surface area (Å²) in [5, 5.41) is 3.17. The van der Waals surface area contributed by atoms with Gasteiger partial charge in [0.1, 0.15) is 5.65 Å². The summed E-state index contributed by atoms with van der Waals surface area (Å²) in [6, 6.07) is 5.03. The van der Waals surface area contributed by atoms with E-state index in [2.05, 4.69) is 20.0 Å². The molecule has 1 aliphatic rings. The van der Waals surface area contributed by atoms with Crippen molar-refractivity contribution in [1.82, 2.24) is 19.4 Å². The van der Waals surface area contributed by atoms with Gasteiger partial charge in [-0.25, -0.2) is 9.78 Å². The van der Waals surface area contributed by atoms with Gasteiger partial charge in [0.25, 0.3) is 5.91 Å². The van der Waals surface area contributed by atoms with Crippen LogP contribution in [0.4, 0.5) is 23.7 Å². The molecule has 1 N–H and O–H groups in total. The first-order valence-corrected chi connectivity index (χ1v) is 9.90. The topological polar surface area (TPSA) is 89.3 Å². The molecule has 0 aliphatic carbocycles. The van der Waals surface area contributed by atoms with Crippen molar-refractivity contribution in [3.63, 3.8) is 0 Å². The number of alkyl halides is 3. The Hall–Kier alpha value is -3.63. The van der Waals surface area contributed by atoms with Crippen LogP contribution < -0.4 is 5.32 Å². The lowest BCUT2D eigenvalue weighted by molar-refractivity contribution is -0.184. The number of carbonyl (C=O) groups excluding carboxylic acids is 2. The number of aromatic nitrogens is 3. The van der Waals surface area contributed by atoms with E-state index in [1.165, 1.54) is 24.4 Å². The van der Waals surface area contributed by atoms with Crippen molar-refractivity contribution in [1.29, 1.82) is 0 Å². The third kappa shape index (κ3) is 4.36. The number of nitrogens with zero attached hydrogens (tertiary/aromatic N) is 4. The molecule has 1 fully saturated rings. The molecule has 11 heteroatoms. The lowest BCUT2D eigenvalue weighted by atomic mass is 9.97. The molecule has 3 aromatic rings. The molecular weight excluding hydrogens is 427 g/mol. The summed E-state index contributed by atoms with van der Waals surface area (Å²) in [5.41, 5.74) is 1.81. The highest BCUT2D eigenvalue weighted by Crippen LogP contribution is 2.33. The summed E-state index contributed by atoms with van der Waals surface area (Å²) in [5.74, 6) is -1.97. The molecule has 8 nitrogen and oxygen atoms in total. The van der Waals surface area contributed by atoms with E-state index in [-0.39, 0.29) is 25.1 Å². The highest BCUT2D eigenvalue weighted by Gasteiger charge is 2.42. The number of amides is 2. The average molecular weight is 447 g/mol. The quantitative estimate of drug-likeness (QED) is 0.655. The fraction of sp³-hybridized carbons (Fsp3) is 0.333. The van der Waals surface area contributed by atoms with Crippen LogP contribution in [0.3, 0.4) is 0 Å². The van der Waals surface area contributed by atoms with Gasteiger partial charge in [-0.1, -0.05) is 0 Å². The number of nitrogens with one attached hydrogen (secondary N) is 1. The van der Waals surface area contributed by atoms with E-state index >= 15 is 0 Å². The van der Waals surface area contributed by atoms with Gasteiger partial charge in [-0.2, -0.15) is 13.2 Å². The number of likely N-dealkylation sites (tertiary alicyclic amines) is 1. The molecule has 1 unspecified atom stereocenters. The molecule has 0 aromatic carbocycles. The fourth-order valence-corrected chi connectivity index (χ4v) is 3.76. The molecule has 0 bridgehead atoms. The maximum absolute atomic E-state index is 13.1. The smallest absolute Gasteiger partial charge is 0.411 e. The Kier molecular flexibility index (Phi) is 5.72. The Bertz CT molecular complexity index is 1160. The Balaban J connectivity index is 1.58. The second-order valence-corrected chi connectivity index (χ2v) is 7.50. The highest BCUT2D eigenvalue weighted by atomic mass is 19.4. The lowest BCUT2D eigenvalue weighted by Gasteiger charge is -2.33. The zero-order valence-electron chi connectivity index (χ0n) is 17.1. The molecule has 4 heterocycles. The van der Waals surface area contributed by atoms with Crippen LogP contribution in [0.15, 0.2) is 43.0 Å². The average Bonchev–Trinajstić information content (AvgIpc) is 3.21. The van der Waals surface area contributed by atoms with Crippen LogP contribution in [0.25, 0.3) is 16.7 Å². The molecule has 1 atom stereocenters. The maximum atomic E-state index is 13.1. The Morgan fingerprint density at radius 2 is 2.03 bits per heavy atom. The van der Waals surface area contributed by atoms with Crippen LogP contribution in [-0.4, -0.2) is 57.8 Å². The molecule has 1 saturated heterocycles. The molecule has 4 rings (SSSR count). The minimum absolute atomic E-state index is 0.0331. The number of anilines is 1. The van der Waals surface area contributed by atoms with Crippen LogP contribution in [0.5, 0.6) is 0 Å². The number of halogens is 3.